The fraction of sp³-hybridized carbons (Fsp3) is 0.333. The molecule has 0 saturated carbocycles. The van der Waals surface area contributed by atoms with Crippen LogP contribution in [-0.4, -0.2) is 56.4 Å². The van der Waals surface area contributed by atoms with Crippen LogP contribution in [0.3, 0.4) is 0 Å². The average molecular weight is 433 g/mol. The number of hydrogen-bond donors (Lipinski definition) is 0. The number of rotatable bonds is 13. The molecule has 4 rings (SSSR count). The van der Waals surface area contributed by atoms with Crippen LogP contribution in [0.1, 0.15) is 22.5 Å². The largest absolute Gasteiger partial charge is 0.377 e. The average Bonchev–Trinajstić information content (AvgIpc) is 3.46. The first-order valence-electron chi connectivity index (χ1n) is 10.9. The van der Waals surface area contributed by atoms with Crippen LogP contribution < -0.4 is 0 Å². The van der Waals surface area contributed by atoms with E-state index in [0.29, 0.717) is 39.5 Å². The van der Waals surface area contributed by atoms with Crippen molar-refractivity contribution in [2.75, 3.05) is 26.4 Å². The van der Waals surface area contributed by atoms with Gasteiger partial charge in [-0.15, -0.1) is 10.2 Å². The summed E-state index contributed by atoms with van der Waals surface area (Å²) in [5, 5.41) is 16.8. The third-order valence-corrected chi connectivity index (χ3v) is 4.93. The fourth-order valence-corrected chi connectivity index (χ4v) is 3.31. The Morgan fingerprint density at radius 1 is 0.562 bits per heavy atom. The lowest BCUT2D eigenvalue weighted by molar-refractivity contribution is 0.0402. The molecule has 0 aliphatic rings. The maximum Gasteiger partial charge on any atom is 0.0870 e. The van der Waals surface area contributed by atoms with Gasteiger partial charge in [-0.3, -0.25) is 0 Å². The maximum absolute atomic E-state index is 5.64. The van der Waals surface area contributed by atoms with Crippen LogP contribution in [0.15, 0.2) is 73.1 Å². The molecule has 2 aromatic carbocycles. The molecule has 0 atom stereocenters. The molecule has 4 aromatic rings. The number of aromatic nitrogens is 6. The third-order valence-electron chi connectivity index (χ3n) is 4.93. The molecule has 0 bridgehead atoms. The van der Waals surface area contributed by atoms with E-state index in [0.717, 1.165) is 24.2 Å². The van der Waals surface area contributed by atoms with Crippen molar-refractivity contribution >= 4 is 0 Å². The normalized spacial score (nSPS) is 11.1. The third kappa shape index (κ3) is 7.11. The molecule has 0 unspecified atom stereocenters. The van der Waals surface area contributed by atoms with Gasteiger partial charge in [0, 0.05) is 25.2 Å². The van der Waals surface area contributed by atoms with Crippen LogP contribution in [0.4, 0.5) is 0 Å². The van der Waals surface area contributed by atoms with Crippen LogP contribution in [0, 0.1) is 0 Å². The molecule has 2 aromatic heterocycles. The standard InChI is InChI=1S/C24H28N6O2/c1-3-7-21(8-4-1)17-23-19-29(27-25-23)11-13-31-15-16-32-14-12-30-20-24(26-28-30)18-22-9-5-2-6-10-22/h1-10,19-20H,11-18H2. The Balaban J connectivity index is 1.05. The molecule has 32 heavy (non-hydrogen) atoms. The van der Waals surface area contributed by atoms with Crippen molar-refractivity contribution in [3.05, 3.63) is 95.6 Å². The highest BCUT2D eigenvalue weighted by Crippen LogP contribution is 2.07. The monoisotopic (exact) mass is 432 g/mol. The number of benzene rings is 2. The van der Waals surface area contributed by atoms with Gasteiger partial charge in [-0.25, -0.2) is 9.36 Å². The summed E-state index contributed by atoms with van der Waals surface area (Å²) in [6.07, 6.45) is 5.51. The van der Waals surface area contributed by atoms with E-state index < -0.39 is 0 Å². The first-order chi connectivity index (χ1) is 15.8. The van der Waals surface area contributed by atoms with E-state index in [-0.39, 0.29) is 0 Å². The van der Waals surface area contributed by atoms with Crippen molar-refractivity contribution < 1.29 is 9.47 Å². The van der Waals surface area contributed by atoms with Gasteiger partial charge in [0.15, 0.2) is 0 Å². The Hall–Kier alpha value is -3.36. The van der Waals surface area contributed by atoms with E-state index in [2.05, 4.69) is 44.9 Å². The SMILES string of the molecule is c1ccc(Cc2cn(CCOCCOCCn3cc(Cc4ccccc4)nn3)nn2)cc1. The van der Waals surface area contributed by atoms with Crippen LogP contribution in [0.25, 0.3) is 0 Å². The second kappa shape index (κ2) is 11.9. The maximum atomic E-state index is 5.64. The van der Waals surface area contributed by atoms with Crippen LogP contribution in [0.2, 0.25) is 0 Å². The lowest BCUT2D eigenvalue weighted by Crippen LogP contribution is -2.13. The molecule has 0 saturated heterocycles. The van der Waals surface area contributed by atoms with Crippen molar-refractivity contribution in [1.82, 2.24) is 30.0 Å². The van der Waals surface area contributed by atoms with Crippen LogP contribution >= 0.6 is 0 Å². The molecule has 0 radical (unpaired) electrons. The Labute approximate surface area is 187 Å². The first kappa shape index (κ1) is 21.9. The smallest absolute Gasteiger partial charge is 0.0870 e. The zero-order chi connectivity index (χ0) is 21.8. The van der Waals surface area contributed by atoms with Crippen molar-refractivity contribution in [1.29, 1.82) is 0 Å². The summed E-state index contributed by atoms with van der Waals surface area (Å²) in [4.78, 5) is 0. The molecule has 166 valence electrons. The molecular formula is C24H28N6O2. The molecule has 0 N–H and O–H groups in total. The molecule has 0 spiro atoms. The molecule has 2 heterocycles. The van der Waals surface area contributed by atoms with Gasteiger partial charge in [0.1, 0.15) is 0 Å². The summed E-state index contributed by atoms with van der Waals surface area (Å²) in [6.45, 7) is 3.58. The van der Waals surface area contributed by atoms with E-state index in [1.165, 1.54) is 11.1 Å². The molecule has 0 aliphatic heterocycles. The number of nitrogens with zero attached hydrogens (tertiary/aromatic N) is 6. The number of hydrogen-bond acceptors (Lipinski definition) is 6. The van der Waals surface area contributed by atoms with Gasteiger partial charge in [0.05, 0.1) is 50.9 Å². The second-order valence-electron chi connectivity index (χ2n) is 7.50. The lowest BCUT2D eigenvalue weighted by atomic mass is 10.1. The Bertz CT molecular complexity index is 963. The molecule has 0 aliphatic carbocycles. The first-order valence-corrected chi connectivity index (χ1v) is 10.9. The lowest BCUT2D eigenvalue weighted by Gasteiger charge is -2.05. The molecular weight excluding hydrogens is 404 g/mol. The van der Waals surface area contributed by atoms with Crippen molar-refractivity contribution in [3.8, 4) is 0 Å². The summed E-state index contributed by atoms with van der Waals surface area (Å²) in [6, 6.07) is 20.5. The zero-order valence-corrected chi connectivity index (χ0v) is 18.1. The minimum atomic E-state index is 0.544. The van der Waals surface area contributed by atoms with Gasteiger partial charge in [0.2, 0.25) is 0 Å². The fourth-order valence-electron chi connectivity index (χ4n) is 3.31. The second-order valence-corrected chi connectivity index (χ2v) is 7.50. The topological polar surface area (TPSA) is 79.9 Å². The molecule has 8 nitrogen and oxygen atoms in total. The zero-order valence-electron chi connectivity index (χ0n) is 18.1. The number of ether oxygens (including phenoxy) is 2. The molecule has 0 fully saturated rings. The van der Waals surface area contributed by atoms with Crippen molar-refractivity contribution in [2.24, 2.45) is 0 Å². The van der Waals surface area contributed by atoms with Crippen LogP contribution in [0.5, 0.6) is 0 Å². The van der Waals surface area contributed by atoms with E-state index in [4.69, 9.17) is 9.47 Å². The minimum Gasteiger partial charge on any atom is -0.377 e. The summed E-state index contributed by atoms with van der Waals surface area (Å²) in [5.41, 5.74) is 4.37. The highest BCUT2D eigenvalue weighted by atomic mass is 16.5. The van der Waals surface area contributed by atoms with Gasteiger partial charge in [0.25, 0.3) is 0 Å². The summed E-state index contributed by atoms with van der Waals surface area (Å²) >= 11 is 0. The quantitative estimate of drug-likeness (QED) is 0.302. The van der Waals surface area contributed by atoms with Crippen molar-refractivity contribution in [2.45, 2.75) is 25.9 Å². The minimum absolute atomic E-state index is 0.544. The van der Waals surface area contributed by atoms with E-state index >= 15 is 0 Å². The summed E-state index contributed by atoms with van der Waals surface area (Å²) in [5.74, 6) is 0. The van der Waals surface area contributed by atoms with E-state index in [1.807, 2.05) is 58.2 Å². The van der Waals surface area contributed by atoms with E-state index in [1.54, 1.807) is 0 Å². The van der Waals surface area contributed by atoms with Gasteiger partial charge in [-0.2, -0.15) is 0 Å². The van der Waals surface area contributed by atoms with Gasteiger partial charge >= 0.3 is 0 Å². The van der Waals surface area contributed by atoms with Gasteiger partial charge in [-0.1, -0.05) is 71.1 Å². The van der Waals surface area contributed by atoms with E-state index in [9.17, 15) is 0 Å². The van der Waals surface area contributed by atoms with Gasteiger partial charge in [-0.05, 0) is 11.1 Å². The van der Waals surface area contributed by atoms with Crippen LogP contribution in [-0.2, 0) is 35.4 Å². The molecule has 8 heteroatoms. The summed E-state index contributed by atoms with van der Waals surface area (Å²) in [7, 11) is 0. The predicted octanol–water partition coefficient (Wildman–Crippen LogP) is 2.78. The Kier molecular flexibility index (Phi) is 8.11. The highest BCUT2D eigenvalue weighted by Gasteiger charge is 2.03. The predicted molar refractivity (Wildman–Crippen MR) is 120 cm³/mol. The molecule has 0 amide bonds. The van der Waals surface area contributed by atoms with Gasteiger partial charge < -0.3 is 9.47 Å². The Morgan fingerprint density at radius 2 is 1.00 bits per heavy atom. The summed E-state index contributed by atoms with van der Waals surface area (Å²) < 4.78 is 14.9. The van der Waals surface area contributed by atoms with Crippen molar-refractivity contribution in [3.63, 3.8) is 0 Å². The Morgan fingerprint density at radius 3 is 1.44 bits per heavy atom. The highest BCUT2D eigenvalue weighted by molar-refractivity contribution is 5.20.